The molecule has 4 heteroatoms. The third kappa shape index (κ3) is 2.57. The molecule has 0 aliphatic heterocycles. The van der Waals surface area contributed by atoms with E-state index in [1.165, 1.54) is 0 Å². The maximum atomic E-state index is 5.77. The minimum Gasteiger partial charge on any atom is -0.497 e. The van der Waals surface area contributed by atoms with Gasteiger partial charge in [-0.1, -0.05) is 18.2 Å². The van der Waals surface area contributed by atoms with Crippen LogP contribution in [0.2, 0.25) is 0 Å². The molecule has 118 valence electrons. The topological polar surface area (TPSA) is 27.3 Å². The highest BCUT2D eigenvalue weighted by atomic mass is 16.5. The van der Waals surface area contributed by atoms with E-state index in [-0.39, 0.29) is 0 Å². The summed E-state index contributed by atoms with van der Waals surface area (Å²) in [6.45, 7) is 0. The molecular formula is C19H21N2O2+. The van der Waals surface area contributed by atoms with Gasteiger partial charge in [0.2, 0.25) is 5.75 Å². The van der Waals surface area contributed by atoms with Crippen molar-refractivity contribution < 1.29 is 14.2 Å². The average molecular weight is 309 g/mol. The van der Waals surface area contributed by atoms with E-state index in [1.54, 1.807) is 14.2 Å². The van der Waals surface area contributed by atoms with Crippen LogP contribution in [-0.4, -0.2) is 18.9 Å². The summed E-state index contributed by atoms with van der Waals surface area (Å²) in [5.74, 6) is 1.71. The first kappa shape index (κ1) is 15.2. The van der Waals surface area contributed by atoms with Crippen LogP contribution in [0, 0.1) is 0 Å². The van der Waals surface area contributed by atoms with Gasteiger partial charge in [-0.15, -0.1) is 4.68 Å². The van der Waals surface area contributed by atoms with Crippen LogP contribution in [0.1, 0.15) is 0 Å². The highest BCUT2D eigenvalue weighted by Gasteiger charge is 2.29. The molecule has 0 bridgehead atoms. The Kier molecular flexibility index (Phi) is 4.06. The Hall–Kier alpha value is -2.75. The van der Waals surface area contributed by atoms with E-state index in [0.29, 0.717) is 0 Å². The predicted octanol–water partition coefficient (Wildman–Crippen LogP) is 3.20. The number of rotatable bonds is 4. The van der Waals surface area contributed by atoms with Crippen molar-refractivity contribution in [2.45, 2.75) is 0 Å². The molecule has 2 aromatic carbocycles. The molecular weight excluding hydrogens is 288 g/mol. The van der Waals surface area contributed by atoms with Crippen molar-refractivity contribution in [1.29, 1.82) is 0 Å². The predicted molar refractivity (Wildman–Crippen MR) is 90.6 cm³/mol. The van der Waals surface area contributed by atoms with Crippen LogP contribution in [0.4, 0.5) is 0 Å². The Morgan fingerprint density at radius 3 is 2.04 bits per heavy atom. The van der Waals surface area contributed by atoms with Gasteiger partial charge in [0.25, 0.3) is 5.69 Å². The molecule has 1 heterocycles. The van der Waals surface area contributed by atoms with Crippen molar-refractivity contribution in [3.63, 3.8) is 0 Å². The van der Waals surface area contributed by atoms with E-state index in [9.17, 15) is 0 Å². The third-order valence-electron chi connectivity index (χ3n) is 4.14. The molecule has 3 rings (SSSR count). The summed E-state index contributed by atoms with van der Waals surface area (Å²) in [4.78, 5) is 0. The smallest absolute Gasteiger partial charge is 0.280 e. The van der Waals surface area contributed by atoms with E-state index >= 15 is 0 Å². The van der Waals surface area contributed by atoms with Crippen LogP contribution in [0.15, 0.2) is 54.6 Å². The van der Waals surface area contributed by atoms with Gasteiger partial charge in [0.05, 0.1) is 26.8 Å². The Bertz CT molecular complexity index is 806. The summed E-state index contributed by atoms with van der Waals surface area (Å²) >= 11 is 0. The Labute approximate surface area is 136 Å². The van der Waals surface area contributed by atoms with Crippen molar-refractivity contribution >= 4 is 0 Å². The first-order chi connectivity index (χ1) is 11.2. The van der Waals surface area contributed by atoms with Gasteiger partial charge in [-0.25, -0.2) is 0 Å². The lowest BCUT2D eigenvalue weighted by molar-refractivity contribution is -0.740. The summed E-state index contributed by atoms with van der Waals surface area (Å²) < 4.78 is 15.2. The summed E-state index contributed by atoms with van der Waals surface area (Å²) in [6, 6.07) is 18.3. The molecule has 0 saturated carbocycles. The first-order valence-corrected chi connectivity index (χ1v) is 7.50. The molecule has 0 fully saturated rings. The molecule has 0 radical (unpaired) electrons. The largest absolute Gasteiger partial charge is 0.497 e. The summed E-state index contributed by atoms with van der Waals surface area (Å²) in [6.07, 6.45) is 0. The molecule has 23 heavy (non-hydrogen) atoms. The van der Waals surface area contributed by atoms with Crippen LogP contribution in [0.5, 0.6) is 11.5 Å². The van der Waals surface area contributed by atoms with Gasteiger partial charge >= 0.3 is 0 Å². The normalized spacial score (nSPS) is 10.6. The molecule has 4 nitrogen and oxygen atoms in total. The van der Waals surface area contributed by atoms with E-state index in [0.717, 1.165) is 34.0 Å². The fraction of sp³-hybridized carbons (Fsp3) is 0.211. The molecule has 1 aromatic heterocycles. The zero-order valence-corrected chi connectivity index (χ0v) is 13.9. The molecule has 0 amide bonds. The number of benzene rings is 2. The monoisotopic (exact) mass is 309 g/mol. The SMILES string of the molecule is COc1ccc(-c2c(OC)c(-c3ccccc3)[n+](C)n2C)cc1. The van der Waals surface area contributed by atoms with Crippen LogP contribution in [-0.2, 0) is 14.1 Å². The van der Waals surface area contributed by atoms with E-state index in [2.05, 4.69) is 21.5 Å². The maximum absolute atomic E-state index is 5.77. The zero-order chi connectivity index (χ0) is 16.4. The van der Waals surface area contributed by atoms with Gasteiger partial charge in [0, 0.05) is 5.56 Å². The second-order valence-electron chi connectivity index (χ2n) is 5.37. The van der Waals surface area contributed by atoms with Crippen molar-refractivity contribution in [1.82, 2.24) is 4.68 Å². The second kappa shape index (κ2) is 6.16. The van der Waals surface area contributed by atoms with Gasteiger partial charge < -0.3 is 9.47 Å². The maximum Gasteiger partial charge on any atom is 0.280 e. The van der Waals surface area contributed by atoms with Gasteiger partial charge in [-0.05, 0) is 36.4 Å². The van der Waals surface area contributed by atoms with Crippen molar-refractivity contribution in [3.8, 4) is 34.0 Å². The van der Waals surface area contributed by atoms with E-state index in [1.807, 2.05) is 56.6 Å². The summed E-state index contributed by atoms with van der Waals surface area (Å²) in [7, 11) is 7.47. The lowest BCUT2D eigenvalue weighted by atomic mass is 10.1. The molecule has 0 atom stereocenters. The number of hydrogen-bond acceptors (Lipinski definition) is 2. The van der Waals surface area contributed by atoms with Crippen LogP contribution < -0.4 is 14.2 Å². The number of hydrogen-bond donors (Lipinski definition) is 0. The molecule has 0 aliphatic carbocycles. The Morgan fingerprint density at radius 1 is 0.826 bits per heavy atom. The van der Waals surface area contributed by atoms with Crippen molar-refractivity contribution in [2.75, 3.05) is 14.2 Å². The molecule has 0 aliphatic rings. The molecule has 0 spiro atoms. The number of nitrogens with zero attached hydrogens (tertiary/aromatic N) is 2. The fourth-order valence-corrected chi connectivity index (χ4v) is 2.88. The number of aromatic nitrogens is 2. The Morgan fingerprint density at radius 2 is 1.48 bits per heavy atom. The summed E-state index contributed by atoms with van der Waals surface area (Å²) in [5.41, 5.74) is 4.31. The van der Waals surface area contributed by atoms with E-state index in [4.69, 9.17) is 9.47 Å². The lowest BCUT2D eigenvalue weighted by Gasteiger charge is -2.04. The van der Waals surface area contributed by atoms with Crippen LogP contribution in [0.3, 0.4) is 0 Å². The van der Waals surface area contributed by atoms with Crippen LogP contribution in [0.25, 0.3) is 22.5 Å². The van der Waals surface area contributed by atoms with Gasteiger partial charge in [0.1, 0.15) is 5.75 Å². The molecule has 0 unspecified atom stereocenters. The van der Waals surface area contributed by atoms with Gasteiger partial charge in [0.15, 0.2) is 12.7 Å². The zero-order valence-electron chi connectivity index (χ0n) is 13.9. The molecule has 3 aromatic rings. The van der Waals surface area contributed by atoms with Crippen LogP contribution >= 0.6 is 0 Å². The van der Waals surface area contributed by atoms with E-state index < -0.39 is 0 Å². The third-order valence-corrected chi connectivity index (χ3v) is 4.14. The lowest BCUT2D eigenvalue weighted by Crippen LogP contribution is -2.39. The minimum absolute atomic E-state index is 0.842. The second-order valence-corrected chi connectivity index (χ2v) is 5.37. The Balaban J connectivity index is 2.21. The number of ether oxygens (including phenoxy) is 2. The summed E-state index contributed by atoms with van der Waals surface area (Å²) in [5, 5.41) is 0. The van der Waals surface area contributed by atoms with Crippen molar-refractivity contribution in [3.05, 3.63) is 54.6 Å². The fourth-order valence-electron chi connectivity index (χ4n) is 2.88. The molecule has 0 N–H and O–H groups in total. The highest BCUT2D eigenvalue weighted by Crippen LogP contribution is 2.37. The van der Waals surface area contributed by atoms with Crippen molar-refractivity contribution in [2.24, 2.45) is 14.1 Å². The number of methoxy groups -OCH3 is 2. The standard InChI is InChI=1S/C19H21N2O2/c1-20-17(14-8-6-5-7-9-14)19(23-4)18(21(20)2)15-10-12-16(22-3)13-11-15/h5-13H,1-4H3/q+1. The minimum atomic E-state index is 0.842. The highest BCUT2D eigenvalue weighted by molar-refractivity contribution is 5.76. The average Bonchev–Trinajstić information content (AvgIpc) is 2.86. The van der Waals surface area contributed by atoms with Gasteiger partial charge in [-0.2, -0.15) is 4.68 Å². The molecule has 0 saturated heterocycles. The van der Waals surface area contributed by atoms with Gasteiger partial charge in [-0.3, -0.25) is 0 Å². The first-order valence-electron chi connectivity index (χ1n) is 7.50. The quantitative estimate of drug-likeness (QED) is 0.692.